The quantitative estimate of drug-likeness (QED) is 0.604. The number of para-hydroxylation sites is 1. The predicted molar refractivity (Wildman–Crippen MR) is 119 cm³/mol. The SMILES string of the molecule is COc1cc2c(cc1OC)CN(S(=O)(=O)CCNC(=O)c1cccc(OC)c1OC)CC2. The summed E-state index contributed by atoms with van der Waals surface area (Å²) in [6.07, 6.45) is 0.572. The Morgan fingerprint density at radius 2 is 1.62 bits per heavy atom. The zero-order chi connectivity index (χ0) is 23.3. The molecule has 0 unspecified atom stereocenters. The number of amides is 1. The van der Waals surface area contributed by atoms with Crippen molar-refractivity contribution in [3.63, 3.8) is 0 Å². The molecule has 0 fully saturated rings. The van der Waals surface area contributed by atoms with Gasteiger partial charge < -0.3 is 24.3 Å². The maximum absolute atomic E-state index is 12.9. The Hall–Kier alpha value is -2.98. The first kappa shape index (κ1) is 23.7. The average molecular weight is 465 g/mol. The lowest BCUT2D eigenvalue weighted by molar-refractivity contribution is 0.0952. The summed E-state index contributed by atoms with van der Waals surface area (Å²) >= 11 is 0. The number of hydrogen-bond acceptors (Lipinski definition) is 7. The Kier molecular flexibility index (Phi) is 7.47. The van der Waals surface area contributed by atoms with Gasteiger partial charge in [-0.1, -0.05) is 6.07 Å². The van der Waals surface area contributed by atoms with E-state index in [1.165, 1.54) is 18.5 Å². The van der Waals surface area contributed by atoms with Crippen LogP contribution in [0.25, 0.3) is 0 Å². The van der Waals surface area contributed by atoms with Gasteiger partial charge in [0.1, 0.15) is 0 Å². The number of rotatable bonds is 9. The number of benzene rings is 2. The third-order valence-electron chi connectivity index (χ3n) is 5.37. The van der Waals surface area contributed by atoms with E-state index in [1.807, 2.05) is 12.1 Å². The molecular weight excluding hydrogens is 436 g/mol. The van der Waals surface area contributed by atoms with Crippen molar-refractivity contribution in [2.75, 3.05) is 47.3 Å². The lowest BCUT2D eigenvalue weighted by Gasteiger charge is -2.29. The van der Waals surface area contributed by atoms with Crippen molar-refractivity contribution in [1.82, 2.24) is 9.62 Å². The number of carbonyl (C=O) groups is 1. The molecule has 0 aromatic heterocycles. The summed E-state index contributed by atoms with van der Waals surface area (Å²) in [4.78, 5) is 12.6. The maximum atomic E-state index is 12.9. The fraction of sp³-hybridized carbons (Fsp3) is 0.409. The highest BCUT2D eigenvalue weighted by atomic mass is 32.2. The van der Waals surface area contributed by atoms with E-state index < -0.39 is 15.9 Å². The third-order valence-corrected chi connectivity index (χ3v) is 7.19. The molecule has 1 aliphatic rings. The Morgan fingerprint density at radius 1 is 0.969 bits per heavy atom. The first-order chi connectivity index (χ1) is 15.3. The average Bonchev–Trinajstić information content (AvgIpc) is 2.81. The fourth-order valence-corrected chi connectivity index (χ4v) is 5.00. The summed E-state index contributed by atoms with van der Waals surface area (Å²) < 4.78 is 48.3. The number of nitrogens with zero attached hydrogens (tertiary/aromatic N) is 1. The molecule has 9 nitrogen and oxygen atoms in total. The second-order valence-corrected chi connectivity index (χ2v) is 9.26. The zero-order valence-corrected chi connectivity index (χ0v) is 19.5. The van der Waals surface area contributed by atoms with Gasteiger partial charge in [0.2, 0.25) is 10.0 Å². The van der Waals surface area contributed by atoms with Gasteiger partial charge in [0.05, 0.1) is 39.8 Å². The molecule has 0 bridgehead atoms. The Balaban J connectivity index is 1.65. The first-order valence-corrected chi connectivity index (χ1v) is 11.7. The van der Waals surface area contributed by atoms with E-state index in [4.69, 9.17) is 18.9 Å². The summed E-state index contributed by atoms with van der Waals surface area (Å²) in [5, 5.41) is 2.66. The van der Waals surface area contributed by atoms with Crippen molar-refractivity contribution in [3.8, 4) is 23.0 Å². The molecule has 1 heterocycles. The molecule has 0 saturated carbocycles. The second-order valence-electron chi connectivity index (χ2n) is 7.17. The highest BCUT2D eigenvalue weighted by Crippen LogP contribution is 2.34. The molecule has 0 spiro atoms. The molecular formula is C22H28N2O7S. The minimum Gasteiger partial charge on any atom is -0.493 e. The number of carbonyl (C=O) groups excluding carboxylic acids is 1. The molecule has 3 rings (SSSR count). The van der Waals surface area contributed by atoms with E-state index in [0.29, 0.717) is 36.0 Å². The van der Waals surface area contributed by atoms with E-state index in [-0.39, 0.29) is 24.4 Å². The summed E-state index contributed by atoms with van der Waals surface area (Å²) in [7, 11) is 2.46. The van der Waals surface area contributed by atoms with Crippen molar-refractivity contribution < 1.29 is 32.2 Å². The van der Waals surface area contributed by atoms with Crippen LogP contribution in [0.1, 0.15) is 21.5 Å². The topological polar surface area (TPSA) is 103 Å². The van der Waals surface area contributed by atoms with E-state index in [1.54, 1.807) is 32.4 Å². The minimum absolute atomic E-state index is 0.0309. The largest absolute Gasteiger partial charge is 0.493 e. The summed E-state index contributed by atoms with van der Waals surface area (Å²) in [5.41, 5.74) is 2.19. The lowest BCUT2D eigenvalue weighted by atomic mass is 10.0. The molecule has 10 heteroatoms. The maximum Gasteiger partial charge on any atom is 0.255 e. The smallest absolute Gasteiger partial charge is 0.255 e. The van der Waals surface area contributed by atoms with Crippen molar-refractivity contribution in [2.24, 2.45) is 0 Å². The molecule has 32 heavy (non-hydrogen) atoms. The van der Waals surface area contributed by atoms with E-state index in [0.717, 1.165) is 11.1 Å². The second kappa shape index (κ2) is 10.1. The Bertz CT molecular complexity index is 1090. The van der Waals surface area contributed by atoms with Crippen LogP contribution in [0.5, 0.6) is 23.0 Å². The van der Waals surface area contributed by atoms with Crippen molar-refractivity contribution in [3.05, 3.63) is 47.0 Å². The van der Waals surface area contributed by atoms with Gasteiger partial charge in [-0.05, 0) is 41.8 Å². The predicted octanol–water partition coefficient (Wildman–Crippen LogP) is 1.84. The van der Waals surface area contributed by atoms with Crippen molar-refractivity contribution in [1.29, 1.82) is 0 Å². The van der Waals surface area contributed by atoms with Crippen LogP contribution >= 0.6 is 0 Å². The van der Waals surface area contributed by atoms with Crippen LogP contribution < -0.4 is 24.3 Å². The summed E-state index contributed by atoms with van der Waals surface area (Å²) in [6, 6.07) is 8.64. The molecule has 1 amide bonds. The Labute approximate surface area is 188 Å². The van der Waals surface area contributed by atoms with Crippen LogP contribution in [-0.4, -0.2) is 65.9 Å². The van der Waals surface area contributed by atoms with Gasteiger partial charge in [-0.2, -0.15) is 4.31 Å². The highest BCUT2D eigenvalue weighted by molar-refractivity contribution is 7.89. The number of methoxy groups -OCH3 is 4. The number of ether oxygens (including phenoxy) is 4. The van der Waals surface area contributed by atoms with E-state index in [9.17, 15) is 13.2 Å². The lowest BCUT2D eigenvalue weighted by Crippen LogP contribution is -2.40. The number of hydrogen-bond donors (Lipinski definition) is 1. The molecule has 0 atom stereocenters. The first-order valence-electron chi connectivity index (χ1n) is 10.1. The monoisotopic (exact) mass is 464 g/mol. The highest BCUT2D eigenvalue weighted by Gasteiger charge is 2.28. The van der Waals surface area contributed by atoms with E-state index in [2.05, 4.69) is 5.32 Å². The van der Waals surface area contributed by atoms with Crippen molar-refractivity contribution >= 4 is 15.9 Å². The number of fused-ring (bicyclic) bond motifs is 1. The third kappa shape index (κ3) is 4.91. The van der Waals surface area contributed by atoms with E-state index >= 15 is 0 Å². The normalized spacial score (nSPS) is 13.8. The molecule has 1 aliphatic heterocycles. The van der Waals surface area contributed by atoms with Crippen LogP contribution in [0.2, 0.25) is 0 Å². The van der Waals surface area contributed by atoms with Gasteiger partial charge in [-0.15, -0.1) is 0 Å². The molecule has 174 valence electrons. The zero-order valence-electron chi connectivity index (χ0n) is 18.6. The minimum atomic E-state index is -3.58. The van der Waals surface area contributed by atoms with Crippen LogP contribution in [0.15, 0.2) is 30.3 Å². The van der Waals surface area contributed by atoms with Crippen LogP contribution in [0.3, 0.4) is 0 Å². The summed E-state index contributed by atoms with van der Waals surface area (Å²) in [5.74, 6) is 1.26. The molecule has 0 aliphatic carbocycles. The van der Waals surface area contributed by atoms with Gasteiger partial charge in [-0.3, -0.25) is 4.79 Å². The molecule has 2 aromatic carbocycles. The number of sulfonamides is 1. The van der Waals surface area contributed by atoms with Gasteiger partial charge in [0.25, 0.3) is 5.91 Å². The molecule has 1 N–H and O–H groups in total. The van der Waals surface area contributed by atoms with Crippen LogP contribution in [0, 0.1) is 0 Å². The number of nitrogens with one attached hydrogen (secondary N) is 1. The van der Waals surface area contributed by atoms with Gasteiger partial charge >= 0.3 is 0 Å². The van der Waals surface area contributed by atoms with Crippen molar-refractivity contribution in [2.45, 2.75) is 13.0 Å². The van der Waals surface area contributed by atoms with Crippen LogP contribution in [0.4, 0.5) is 0 Å². The Morgan fingerprint density at radius 3 is 2.25 bits per heavy atom. The standard InChI is InChI=1S/C22H28N2O7S/c1-28-18-7-5-6-17(21(18)31-4)22(25)23-9-11-32(26,27)24-10-8-15-12-19(29-2)20(30-3)13-16(15)14-24/h5-7,12-13H,8-11,14H2,1-4H3,(H,23,25). The van der Waals surface area contributed by atoms with Crippen LogP contribution in [-0.2, 0) is 23.0 Å². The van der Waals surface area contributed by atoms with Gasteiger partial charge in [-0.25, -0.2) is 8.42 Å². The molecule has 0 saturated heterocycles. The molecule has 2 aromatic rings. The van der Waals surface area contributed by atoms with Gasteiger partial charge in [0.15, 0.2) is 23.0 Å². The molecule has 0 radical (unpaired) electrons. The summed E-state index contributed by atoms with van der Waals surface area (Å²) in [6.45, 7) is 0.578. The fourth-order valence-electron chi connectivity index (χ4n) is 3.68. The van der Waals surface area contributed by atoms with Gasteiger partial charge in [0, 0.05) is 19.6 Å².